The van der Waals surface area contributed by atoms with Crippen molar-refractivity contribution in [2.45, 2.75) is 0 Å². The average Bonchev–Trinajstić information content (AvgIpc) is 2.41. The molecule has 5 nitrogen and oxygen atoms in total. The van der Waals surface area contributed by atoms with Crippen LogP contribution in [-0.4, -0.2) is 22.2 Å². The van der Waals surface area contributed by atoms with Crippen LogP contribution in [0.2, 0.25) is 10.0 Å². The first-order valence-corrected chi connectivity index (χ1v) is 6.37. The van der Waals surface area contributed by atoms with Crippen molar-refractivity contribution in [1.82, 2.24) is 0 Å². The van der Waals surface area contributed by atoms with Crippen LogP contribution in [0.25, 0.3) is 0 Å². The van der Waals surface area contributed by atoms with Crippen molar-refractivity contribution in [3.05, 3.63) is 57.6 Å². The van der Waals surface area contributed by atoms with Crippen molar-refractivity contribution >= 4 is 35.1 Å². The second-order valence-electron chi connectivity index (χ2n) is 3.99. The quantitative estimate of drug-likeness (QED) is 0.880. The zero-order valence-corrected chi connectivity index (χ0v) is 11.9. The van der Waals surface area contributed by atoms with Crippen LogP contribution in [-0.2, 0) is 0 Å². The van der Waals surface area contributed by atoms with Gasteiger partial charge in [-0.1, -0.05) is 23.2 Å². The Balaban J connectivity index is 2.39. The van der Waals surface area contributed by atoms with Crippen molar-refractivity contribution in [2.24, 2.45) is 0 Å². The molecular formula is C14H8Cl2O5. The number of hydrogen-bond donors (Lipinski definition) is 2. The van der Waals surface area contributed by atoms with Crippen LogP contribution in [0.3, 0.4) is 0 Å². The van der Waals surface area contributed by atoms with Crippen LogP contribution in [0.1, 0.15) is 20.7 Å². The van der Waals surface area contributed by atoms with E-state index in [1.54, 1.807) is 6.07 Å². The molecule has 0 atom stereocenters. The number of aromatic carboxylic acids is 2. The monoisotopic (exact) mass is 326 g/mol. The maximum Gasteiger partial charge on any atom is 0.336 e. The first kappa shape index (κ1) is 15.2. The molecular weight excluding hydrogens is 319 g/mol. The molecule has 2 N–H and O–H groups in total. The predicted molar refractivity (Wildman–Crippen MR) is 76.9 cm³/mol. The van der Waals surface area contributed by atoms with Crippen molar-refractivity contribution in [2.75, 3.05) is 0 Å². The topological polar surface area (TPSA) is 83.8 Å². The van der Waals surface area contributed by atoms with Crippen molar-refractivity contribution in [3.63, 3.8) is 0 Å². The summed E-state index contributed by atoms with van der Waals surface area (Å²) in [6, 6.07) is 8.19. The maximum absolute atomic E-state index is 11.1. The van der Waals surface area contributed by atoms with E-state index in [-0.39, 0.29) is 27.6 Å². The molecule has 21 heavy (non-hydrogen) atoms. The number of rotatable bonds is 4. The summed E-state index contributed by atoms with van der Waals surface area (Å²) in [5.41, 5.74) is -0.692. The molecule has 0 radical (unpaired) electrons. The lowest BCUT2D eigenvalue weighted by Gasteiger charge is -2.09. The minimum absolute atomic E-state index is 0.154. The van der Waals surface area contributed by atoms with E-state index in [4.69, 9.17) is 38.2 Å². The Morgan fingerprint density at radius 3 is 2.14 bits per heavy atom. The van der Waals surface area contributed by atoms with E-state index in [0.29, 0.717) is 5.02 Å². The molecule has 0 saturated carbocycles. The van der Waals surface area contributed by atoms with Crippen LogP contribution in [0, 0.1) is 0 Å². The molecule has 0 bridgehead atoms. The SMILES string of the molecule is O=C(O)c1ccc(Oc2ccc(Cl)cc2Cl)cc1C(=O)O. The number of hydrogen-bond acceptors (Lipinski definition) is 3. The lowest BCUT2D eigenvalue weighted by molar-refractivity contribution is 0.0651. The van der Waals surface area contributed by atoms with E-state index < -0.39 is 11.9 Å². The highest BCUT2D eigenvalue weighted by molar-refractivity contribution is 6.35. The summed E-state index contributed by atoms with van der Waals surface area (Å²) in [6.45, 7) is 0. The molecule has 0 saturated heterocycles. The van der Waals surface area contributed by atoms with Gasteiger partial charge in [-0.3, -0.25) is 0 Å². The number of carbonyl (C=O) groups is 2. The van der Waals surface area contributed by atoms with E-state index in [0.717, 1.165) is 12.1 Å². The number of carboxylic acids is 2. The molecule has 0 aliphatic carbocycles. The molecule has 2 rings (SSSR count). The molecule has 2 aromatic carbocycles. The van der Waals surface area contributed by atoms with E-state index in [2.05, 4.69) is 0 Å². The van der Waals surface area contributed by atoms with E-state index in [1.807, 2.05) is 0 Å². The van der Waals surface area contributed by atoms with Crippen LogP contribution < -0.4 is 4.74 Å². The van der Waals surface area contributed by atoms with Gasteiger partial charge in [-0.15, -0.1) is 0 Å². The van der Waals surface area contributed by atoms with Crippen molar-refractivity contribution in [1.29, 1.82) is 0 Å². The maximum atomic E-state index is 11.1. The van der Waals surface area contributed by atoms with Crippen LogP contribution in [0.15, 0.2) is 36.4 Å². The fraction of sp³-hybridized carbons (Fsp3) is 0. The number of ether oxygens (including phenoxy) is 1. The van der Waals surface area contributed by atoms with Crippen LogP contribution >= 0.6 is 23.2 Å². The molecule has 0 fully saturated rings. The van der Waals surface area contributed by atoms with Crippen LogP contribution in [0.5, 0.6) is 11.5 Å². The van der Waals surface area contributed by atoms with Crippen molar-refractivity contribution < 1.29 is 24.5 Å². The second-order valence-corrected chi connectivity index (χ2v) is 4.84. The fourth-order valence-electron chi connectivity index (χ4n) is 1.64. The Labute approximate surface area is 129 Å². The Kier molecular flexibility index (Phi) is 4.35. The van der Waals surface area contributed by atoms with Crippen LogP contribution in [0.4, 0.5) is 0 Å². The van der Waals surface area contributed by atoms with Gasteiger partial charge in [-0.05, 0) is 36.4 Å². The smallest absolute Gasteiger partial charge is 0.336 e. The van der Waals surface area contributed by atoms with E-state index in [9.17, 15) is 9.59 Å². The molecule has 0 aliphatic rings. The summed E-state index contributed by atoms with van der Waals surface area (Å²) in [4.78, 5) is 22.0. The fourth-order valence-corrected chi connectivity index (χ4v) is 2.08. The highest BCUT2D eigenvalue weighted by Gasteiger charge is 2.17. The lowest BCUT2D eigenvalue weighted by Crippen LogP contribution is -2.07. The van der Waals surface area contributed by atoms with Gasteiger partial charge in [0.2, 0.25) is 0 Å². The summed E-state index contributed by atoms with van der Waals surface area (Å²) in [5, 5.41) is 18.6. The highest BCUT2D eigenvalue weighted by Crippen LogP contribution is 2.32. The standard InChI is InChI=1S/C14H8Cl2O5/c15-7-1-4-12(11(16)5-7)21-8-2-3-9(13(17)18)10(6-8)14(19)20/h1-6H,(H,17,18)(H,19,20). The van der Waals surface area contributed by atoms with Gasteiger partial charge >= 0.3 is 11.9 Å². The molecule has 0 amide bonds. The first-order valence-electron chi connectivity index (χ1n) is 5.62. The zero-order chi connectivity index (χ0) is 15.6. The summed E-state index contributed by atoms with van der Waals surface area (Å²) in [5.74, 6) is -2.26. The third-order valence-electron chi connectivity index (χ3n) is 2.57. The normalized spacial score (nSPS) is 10.2. The van der Waals surface area contributed by atoms with Gasteiger partial charge in [-0.2, -0.15) is 0 Å². The minimum Gasteiger partial charge on any atom is -0.478 e. The van der Waals surface area contributed by atoms with Gasteiger partial charge in [0.15, 0.2) is 0 Å². The number of halogens is 2. The molecule has 0 aromatic heterocycles. The van der Waals surface area contributed by atoms with E-state index >= 15 is 0 Å². The molecule has 7 heteroatoms. The van der Waals surface area contributed by atoms with Gasteiger partial charge in [0.1, 0.15) is 11.5 Å². The Bertz CT molecular complexity index is 727. The van der Waals surface area contributed by atoms with E-state index in [1.165, 1.54) is 18.2 Å². The Morgan fingerprint density at radius 2 is 1.57 bits per heavy atom. The second kappa shape index (κ2) is 6.03. The average molecular weight is 327 g/mol. The predicted octanol–water partition coefficient (Wildman–Crippen LogP) is 4.18. The summed E-state index contributed by atoms with van der Waals surface area (Å²) in [6.07, 6.45) is 0. The molecule has 2 aromatic rings. The molecule has 0 aliphatic heterocycles. The number of benzene rings is 2. The van der Waals surface area contributed by atoms with Gasteiger partial charge < -0.3 is 14.9 Å². The number of carboxylic acid groups (broad SMARTS) is 2. The molecule has 108 valence electrons. The zero-order valence-electron chi connectivity index (χ0n) is 10.3. The largest absolute Gasteiger partial charge is 0.478 e. The van der Waals surface area contributed by atoms with Gasteiger partial charge in [-0.25, -0.2) is 9.59 Å². The highest BCUT2D eigenvalue weighted by atomic mass is 35.5. The third kappa shape index (κ3) is 3.45. The van der Waals surface area contributed by atoms with Gasteiger partial charge in [0.05, 0.1) is 16.1 Å². The Hall–Kier alpha value is -2.24. The van der Waals surface area contributed by atoms with Gasteiger partial charge in [0.25, 0.3) is 0 Å². The Morgan fingerprint density at radius 1 is 0.905 bits per heavy atom. The molecule has 0 spiro atoms. The molecule has 0 heterocycles. The lowest BCUT2D eigenvalue weighted by atomic mass is 10.1. The van der Waals surface area contributed by atoms with Crippen molar-refractivity contribution in [3.8, 4) is 11.5 Å². The third-order valence-corrected chi connectivity index (χ3v) is 3.10. The summed E-state index contributed by atoms with van der Waals surface area (Å²) in [7, 11) is 0. The summed E-state index contributed by atoms with van der Waals surface area (Å²) >= 11 is 11.7. The minimum atomic E-state index is -1.36. The first-order chi connectivity index (χ1) is 9.88. The summed E-state index contributed by atoms with van der Waals surface area (Å²) < 4.78 is 5.44. The molecule has 0 unspecified atom stereocenters. The van der Waals surface area contributed by atoms with Gasteiger partial charge in [0, 0.05) is 5.02 Å².